The third-order valence-corrected chi connectivity index (χ3v) is 2.85. The Labute approximate surface area is 123 Å². The molecule has 0 aromatic heterocycles. The number of alkyl halides is 1. The average molecular weight is 345 g/mol. The van der Waals surface area contributed by atoms with E-state index in [0.29, 0.717) is 0 Å². The van der Waals surface area contributed by atoms with Crippen LogP contribution in [0.15, 0.2) is 24.3 Å². The highest BCUT2D eigenvalue weighted by molar-refractivity contribution is 9.09. The number of rotatable bonds is 5. The summed E-state index contributed by atoms with van der Waals surface area (Å²) in [5.74, 6) is -0.849. The molecule has 0 fully saturated rings. The fraction of sp³-hybridized carbons (Fsp3) is 0.333. The molecule has 1 rings (SSSR count). The number of carbonyl (C=O) groups is 2. The van der Waals surface area contributed by atoms with Crippen molar-refractivity contribution in [2.75, 3.05) is 5.33 Å². The van der Waals surface area contributed by atoms with Crippen molar-refractivity contribution in [3.8, 4) is 5.75 Å². The lowest BCUT2D eigenvalue weighted by Gasteiger charge is -2.23. The van der Waals surface area contributed by atoms with Crippen molar-refractivity contribution >= 4 is 33.5 Å². The predicted octanol–water partition coefficient (Wildman–Crippen LogP) is 1.79. The predicted molar refractivity (Wildman–Crippen MR) is 74.7 cm³/mol. The fourth-order valence-corrected chi connectivity index (χ4v) is 1.44. The monoisotopic (exact) mass is 344 g/mol. The van der Waals surface area contributed by atoms with Gasteiger partial charge >= 0.3 is 5.97 Å². The first-order valence-electron chi connectivity index (χ1n) is 5.60. The lowest BCUT2D eigenvalue weighted by Crippen LogP contribution is -2.52. The summed E-state index contributed by atoms with van der Waals surface area (Å²) in [7, 11) is 0. The minimum atomic E-state index is -1.20. The number of nitro benzene ring substituents is 1. The van der Waals surface area contributed by atoms with Crippen LogP contribution in [0, 0.1) is 10.1 Å². The van der Waals surface area contributed by atoms with Gasteiger partial charge in [0.1, 0.15) is 11.3 Å². The molecule has 0 aliphatic rings. The minimum Gasteiger partial charge on any atom is -0.425 e. The van der Waals surface area contributed by atoms with E-state index in [-0.39, 0.29) is 22.7 Å². The molecule has 0 bridgehead atoms. The Hall–Kier alpha value is -1.96. The number of carbonyl (C=O) groups excluding carboxylic acids is 2. The molecule has 1 aromatic rings. The standard InChI is InChI=1S/C12H13BrN2O5/c1-12(2,14-10(16)7-13)11(17)20-9-5-3-8(4-6-9)15(18)19/h3-6H,7H2,1-2H3,(H,14,16). The summed E-state index contributed by atoms with van der Waals surface area (Å²) in [5.41, 5.74) is -1.30. The van der Waals surface area contributed by atoms with Crippen molar-refractivity contribution < 1.29 is 19.2 Å². The Morgan fingerprint density at radius 2 is 1.90 bits per heavy atom. The van der Waals surface area contributed by atoms with Crippen LogP contribution < -0.4 is 10.1 Å². The van der Waals surface area contributed by atoms with E-state index in [1.807, 2.05) is 0 Å². The molecule has 0 radical (unpaired) electrons. The molecule has 1 N–H and O–H groups in total. The maximum atomic E-state index is 11.9. The van der Waals surface area contributed by atoms with Crippen LogP contribution in [-0.2, 0) is 9.59 Å². The quantitative estimate of drug-likeness (QED) is 0.288. The highest BCUT2D eigenvalue weighted by Gasteiger charge is 2.31. The third kappa shape index (κ3) is 4.30. The van der Waals surface area contributed by atoms with Crippen LogP contribution in [0.4, 0.5) is 5.69 Å². The van der Waals surface area contributed by atoms with E-state index in [9.17, 15) is 19.7 Å². The van der Waals surface area contributed by atoms with Crippen molar-refractivity contribution in [2.24, 2.45) is 0 Å². The first-order chi connectivity index (χ1) is 9.26. The Morgan fingerprint density at radius 1 is 1.35 bits per heavy atom. The van der Waals surface area contributed by atoms with Crippen molar-refractivity contribution in [3.05, 3.63) is 34.4 Å². The zero-order valence-electron chi connectivity index (χ0n) is 10.9. The molecular weight excluding hydrogens is 332 g/mol. The van der Waals surface area contributed by atoms with Crippen LogP contribution >= 0.6 is 15.9 Å². The van der Waals surface area contributed by atoms with Crippen LogP contribution in [0.5, 0.6) is 5.75 Å². The number of nitro groups is 1. The van der Waals surface area contributed by atoms with E-state index < -0.39 is 16.4 Å². The maximum absolute atomic E-state index is 11.9. The van der Waals surface area contributed by atoms with Gasteiger partial charge in [-0.15, -0.1) is 0 Å². The largest absolute Gasteiger partial charge is 0.425 e. The number of ether oxygens (including phenoxy) is 1. The Kier molecular flexibility index (Phi) is 5.20. The van der Waals surface area contributed by atoms with Gasteiger partial charge in [-0.3, -0.25) is 14.9 Å². The summed E-state index contributed by atoms with van der Waals surface area (Å²) < 4.78 is 5.07. The van der Waals surface area contributed by atoms with Crippen LogP contribution in [0.2, 0.25) is 0 Å². The molecular formula is C12H13BrN2O5. The Morgan fingerprint density at radius 3 is 2.35 bits per heavy atom. The molecule has 0 aliphatic heterocycles. The number of benzene rings is 1. The molecule has 0 heterocycles. The van der Waals surface area contributed by atoms with Gasteiger partial charge in [0.15, 0.2) is 0 Å². The molecule has 1 aromatic carbocycles. The molecule has 20 heavy (non-hydrogen) atoms. The zero-order valence-corrected chi connectivity index (χ0v) is 12.5. The first-order valence-corrected chi connectivity index (χ1v) is 6.72. The molecule has 1 amide bonds. The van der Waals surface area contributed by atoms with Gasteiger partial charge in [0, 0.05) is 12.1 Å². The Balaban J connectivity index is 2.74. The van der Waals surface area contributed by atoms with Gasteiger partial charge in [0.05, 0.1) is 10.3 Å². The van der Waals surface area contributed by atoms with Gasteiger partial charge in [-0.25, -0.2) is 4.79 Å². The van der Waals surface area contributed by atoms with Crippen molar-refractivity contribution in [1.29, 1.82) is 0 Å². The van der Waals surface area contributed by atoms with Gasteiger partial charge in [-0.05, 0) is 26.0 Å². The molecule has 0 atom stereocenters. The van der Waals surface area contributed by atoms with E-state index in [0.717, 1.165) is 0 Å². The van der Waals surface area contributed by atoms with Gasteiger partial charge in [0.2, 0.25) is 5.91 Å². The molecule has 0 aliphatic carbocycles. The maximum Gasteiger partial charge on any atom is 0.336 e. The highest BCUT2D eigenvalue weighted by atomic mass is 79.9. The number of hydrogen-bond donors (Lipinski definition) is 1. The minimum absolute atomic E-state index is 0.0707. The normalized spacial score (nSPS) is 10.8. The van der Waals surface area contributed by atoms with Gasteiger partial charge in [0.25, 0.3) is 5.69 Å². The van der Waals surface area contributed by atoms with E-state index >= 15 is 0 Å². The second-order valence-electron chi connectivity index (χ2n) is 4.45. The van der Waals surface area contributed by atoms with Crippen LogP contribution in [0.3, 0.4) is 0 Å². The third-order valence-electron chi connectivity index (χ3n) is 2.34. The first kappa shape index (κ1) is 16.1. The number of hydrogen-bond acceptors (Lipinski definition) is 5. The second kappa shape index (κ2) is 6.47. The number of nitrogens with zero attached hydrogens (tertiary/aromatic N) is 1. The summed E-state index contributed by atoms with van der Waals surface area (Å²) in [6.45, 7) is 3.00. The average Bonchev–Trinajstić information content (AvgIpc) is 2.38. The lowest BCUT2D eigenvalue weighted by molar-refractivity contribution is -0.384. The number of non-ortho nitro benzene ring substituents is 1. The Bertz CT molecular complexity index is 527. The van der Waals surface area contributed by atoms with Crippen molar-refractivity contribution in [3.63, 3.8) is 0 Å². The number of halogens is 1. The van der Waals surface area contributed by atoms with E-state index in [1.165, 1.54) is 38.1 Å². The highest BCUT2D eigenvalue weighted by Crippen LogP contribution is 2.19. The van der Waals surface area contributed by atoms with Crippen LogP contribution in [0.1, 0.15) is 13.8 Å². The summed E-state index contributed by atoms with van der Waals surface area (Å²) >= 11 is 2.98. The van der Waals surface area contributed by atoms with E-state index in [4.69, 9.17) is 4.74 Å². The molecule has 0 saturated heterocycles. The molecule has 0 spiro atoms. The topological polar surface area (TPSA) is 98.5 Å². The SMILES string of the molecule is CC(C)(NC(=O)CBr)C(=O)Oc1ccc([N+](=O)[O-])cc1. The van der Waals surface area contributed by atoms with Crippen molar-refractivity contribution in [2.45, 2.75) is 19.4 Å². The smallest absolute Gasteiger partial charge is 0.336 e. The summed E-state index contributed by atoms with van der Waals surface area (Å²) in [6, 6.07) is 5.09. The lowest BCUT2D eigenvalue weighted by atomic mass is 10.1. The molecule has 7 nitrogen and oxygen atoms in total. The number of amides is 1. The van der Waals surface area contributed by atoms with Crippen molar-refractivity contribution in [1.82, 2.24) is 5.32 Å². The number of nitrogens with one attached hydrogen (secondary N) is 1. The molecule has 8 heteroatoms. The fourth-order valence-electron chi connectivity index (χ4n) is 1.30. The van der Waals surface area contributed by atoms with Gasteiger partial charge in [-0.1, -0.05) is 15.9 Å². The van der Waals surface area contributed by atoms with E-state index in [2.05, 4.69) is 21.2 Å². The van der Waals surface area contributed by atoms with Crippen LogP contribution in [-0.4, -0.2) is 27.7 Å². The number of esters is 1. The summed E-state index contributed by atoms with van der Waals surface area (Å²) in [6.07, 6.45) is 0. The molecule has 108 valence electrons. The zero-order chi connectivity index (χ0) is 15.3. The summed E-state index contributed by atoms with van der Waals surface area (Å²) in [5, 5.41) is 13.1. The van der Waals surface area contributed by atoms with E-state index in [1.54, 1.807) is 0 Å². The molecule has 0 saturated carbocycles. The van der Waals surface area contributed by atoms with Crippen LogP contribution in [0.25, 0.3) is 0 Å². The summed E-state index contributed by atoms with van der Waals surface area (Å²) in [4.78, 5) is 33.1. The van der Waals surface area contributed by atoms with Gasteiger partial charge < -0.3 is 10.1 Å². The molecule has 0 unspecified atom stereocenters. The van der Waals surface area contributed by atoms with Gasteiger partial charge in [-0.2, -0.15) is 0 Å². The second-order valence-corrected chi connectivity index (χ2v) is 5.01.